The van der Waals surface area contributed by atoms with Gasteiger partial charge in [0, 0.05) is 19.0 Å². The highest BCUT2D eigenvalue weighted by Crippen LogP contribution is 2.23. The highest BCUT2D eigenvalue weighted by molar-refractivity contribution is 5.68. The van der Waals surface area contributed by atoms with E-state index in [9.17, 15) is 9.90 Å². The van der Waals surface area contributed by atoms with E-state index < -0.39 is 5.60 Å². The fourth-order valence-electron chi connectivity index (χ4n) is 2.13. The molecule has 18 heavy (non-hydrogen) atoms. The number of ether oxygens (including phenoxy) is 1. The third-order valence-corrected chi connectivity index (χ3v) is 3.09. The number of piperidine rings is 1. The molecule has 0 radical (unpaired) electrons. The van der Waals surface area contributed by atoms with Crippen LogP contribution in [0.15, 0.2) is 12.7 Å². The van der Waals surface area contributed by atoms with E-state index in [1.807, 2.05) is 26.8 Å². The smallest absolute Gasteiger partial charge is 0.410 e. The van der Waals surface area contributed by atoms with Crippen molar-refractivity contribution in [3.05, 3.63) is 12.7 Å². The molecule has 1 saturated heterocycles. The normalized spacial score (nSPS) is 24.8. The lowest BCUT2D eigenvalue weighted by Gasteiger charge is -2.36. The van der Waals surface area contributed by atoms with E-state index in [1.54, 1.807) is 4.90 Å². The molecule has 0 bridgehead atoms. The summed E-state index contributed by atoms with van der Waals surface area (Å²) in [7, 11) is 0. The van der Waals surface area contributed by atoms with Crippen molar-refractivity contribution in [1.29, 1.82) is 0 Å². The molecule has 0 saturated carbocycles. The van der Waals surface area contributed by atoms with Gasteiger partial charge in [-0.2, -0.15) is 0 Å². The third-order valence-electron chi connectivity index (χ3n) is 3.09. The summed E-state index contributed by atoms with van der Waals surface area (Å²) >= 11 is 0. The van der Waals surface area contributed by atoms with Crippen molar-refractivity contribution in [3.63, 3.8) is 0 Å². The number of nitrogens with zero attached hydrogens (tertiary/aromatic N) is 1. The Balaban J connectivity index is 2.52. The Morgan fingerprint density at radius 2 is 2.22 bits per heavy atom. The monoisotopic (exact) mass is 255 g/mol. The van der Waals surface area contributed by atoms with Gasteiger partial charge in [0.15, 0.2) is 0 Å². The molecule has 1 aliphatic rings. The van der Waals surface area contributed by atoms with Crippen molar-refractivity contribution >= 4 is 6.09 Å². The molecule has 2 atom stereocenters. The molecule has 4 heteroatoms. The second-order valence-corrected chi connectivity index (χ2v) is 5.91. The lowest BCUT2D eigenvalue weighted by Crippen LogP contribution is -2.47. The lowest BCUT2D eigenvalue weighted by atomic mass is 9.91. The third kappa shape index (κ3) is 4.69. The van der Waals surface area contributed by atoms with Crippen LogP contribution in [0.25, 0.3) is 0 Å². The van der Waals surface area contributed by atoms with Crippen LogP contribution in [-0.4, -0.2) is 40.9 Å². The summed E-state index contributed by atoms with van der Waals surface area (Å²) in [6.07, 6.45) is 3.61. The van der Waals surface area contributed by atoms with E-state index in [1.165, 1.54) is 0 Å². The molecule has 1 rings (SSSR count). The van der Waals surface area contributed by atoms with Crippen molar-refractivity contribution in [3.8, 4) is 0 Å². The number of hydrogen-bond donors (Lipinski definition) is 1. The predicted molar refractivity (Wildman–Crippen MR) is 71.4 cm³/mol. The molecule has 1 heterocycles. The van der Waals surface area contributed by atoms with Gasteiger partial charge in [-0.15, -0.1) is 6.58 Å². The van der Waals surface area contributed by atoms with E-state index >= 15 is 0 Å². The SMILES string of the molecule is C=CCCC1CN(C(=O)OC(C)(C)C)CCC1O. The van der Waals surface area contributed by atoms with Crippen LogP contribution in [0.2, 0.25) is 0 Å². The van der Waals surface area contributed by atoms with Gasteiger partial charge in [-0.25, -0.2) is 4.79 Å². The Morgan fingerprint density at radius 1 is 1.56 bits per heavy atom. The lowest BCUT2D eigenvalue weighted by molar-refractivity contribution is -0.00971. The highest BCUT2D eigenvalue weighted by Gasteiger charge is 2.31. The first kappa shape index (κ1) is 15.0. The molecule has 1 amide bonds. The van der Waals surface area contributed by atoms with Crippen LogP contribution < -0.4 is 0 Å². The Hall–Kier alpha value is -1.03. The number of aliphatic hydroxyl groups excluding tert-OH is 1. The topological polar surface area (TPSA) is 49.8 Å². The number of hydrogen-bond acceptors (Lipinski definition) is 3. The summed E-state index contributed by atoms with van der Waals surface area (Å²) in [5, 5.41) is 9.91. The van der Waals surface area contributed by atoms with Gasteiger partial charge in [-0.1, -0.05) is 6.08 Å². The zero-order chi connectivity index (χ0) is 13.8. The Morgan fingerprint density at radius 3 is 2.78 bits per heavy atom. The first-order valence-electron chi connectivity index (χ1n) is 6.60. The minimum Gasteiger partial charge on any atom is -0.444 e. The fraction of sp³-hybridized carbons (Fsp3) is 0.786. The molecule has 104 valence electrons. The maximum atomic E-state index is 11.9. The van der Waals surface area contributed by atoms with Gasteiger partial charge in [0.2, 0.25) is 0 Å². The molecule has 4 nitrogen and oxygen atoms in total. The maximum Gasteiger partial charge on any atom is 0.410 e. The van der Waals surface area contributed by atoms with E-state index in [4.69, 9.17) is 4.74 Å². The van der Waals surface area contributed by atoms with Gasteiger partial charge in [0.05, 0.1) is 6.10 Å². The van der Waals surface area contributed by atoms with Crippen LogP contribution >= 0.6 is 0 Å². The van der Waals surface area contributed by atoms with Gasteiger partial charge < -0.3 is 14.7 Å². The van der Waals surface area contributed by atoms with Crippen molar-refractivity contribution in [2.75, 3.05) is 13.1 Å². The summed E-state index contributed by atoms with van der Waals surface area (Å²) in [6, 6.07) is 0. The number of rotatable bonds is 3. The average Bonchev–Trinajstić information content (AvgIpc) is 2.25. The summed E-state index contributed by atoms with van der Waals surface area (Å²) in [5.74, 6) is 0.129. The minimum absolute atomic E-state index is 0.129. The van der Waals surface area contributed by atoms with E-state index in [-0.39, 0.29) is 18.1 Å². The van der Waals surface area contributed by atoms with Gasteiger partial charge in [0.1, 0.15) is 5.60 Å². The van der Waals surface area contributed by atoms with Gasteiger partial charge in [-0.3, -0.25) is 0 Å². The highest BCUT2D eigenvalue weighted by atomic mass is 16.6. The van der Waals surface area contributed by atoms with Crippen molar-refractivity contribution in [1.82, 2.24) is 4.90 Å². The molecular weight excluding hydrogens is 230 g/mol. The summed E-state index contributed by atoms with van der Waals surface area (Å²) in [5.41, 5.74) is -0.468. The molecule has 0 aliphatic carbocycles. The number of carbonyl (C=O) groups is 1. The van der Waals surface area contributed by atoms with Crippen molar-refractivity contribution in [2.45, 2.75) is 51.7 Å². The van der Waals surface area contributed by atoms with Crippen LogP contribution in [0, 0.1) is 5.92 Å². The predicted octanol–water partition coefficient (Wildman–Crippen LogP) is 2.57. The van der Waals surface area contributed by atoms with Crippen LogP contribution in [0.5, 0.6) is 0 Å². The first-order valence-corrected chi connectivity index (χ1v) is 6.60. The van der Waals surface area contributed by atoms with Crippen LogP contribution in [-0.2, 0) is 4.74 Å². The Bertz CT molecular complexity index is 296. The van der Waals surface area contributed by atoms with Crippen LogP contribution in [0.3, 0.4) is 0 Å². The quantitative estimate of drug-likeness (QED) is 0.788. The van der Waals surface area contributed by atoms with Crippen molar-refractivity contribution < 1.29 is 14.6 Å². The molecule has 0 aromatic carbocycles. The van der Waals surface area contributed by atoms with E-state index in [0.29, 0.717) is 19.5 Å². The largest absolute Gasteiger partial charge is 0.444 e. The van der Waals surface area contributed by atoms with Crippen LogP contribution in [0.1, 0.15) is 40.0 Å². The molecule has 2 unspecified atom stereocenters. The maximum absolute atomic E-state index is 11.9. The Labute approximate surface area is 110 Å². The van der Waals surface area contributed by atoms with Gasteiger partial charge in [-0.05, 0) is 40.0 Å². The van der Waals surface area contributed by atoms with E-state index in [2.05, 4.69) is 6.58 Å². The number of amides is 1. The van der Waals surface area contributed by atoms with E-state index in [0.717, 1.165) is 12.8 Å². The second kappa shape index (κ2) is 6.23. The number of aliphatic hydroxyl groups is 1. The van der Waals surface area contributed by atoms with Gasteiger partial charge >= 0.3 is 6.09 Å². The fourth-order valence-corrected chi connectivity index (χ4v) is 2.13. The van der Waals surface area contributed by atoms with Gasteiger partial charge in [0.25, 0.3) is 0 Å². The van der Waals surface area contributed by atoms with Crippen LogP contribution in [0.4, 0.5) is 4.79 Å². The summed E-state index contributed by atoms with van der Waals surface area (Å²) in [4.78, 5) is 13.6. The summed E-state index contributed by atoms with van der Waals surface area (Å²) in [6.45, 7) is 10.4. The minimum atomic E-state index is -0.468. The molecule has 0 aromatic rings. The number of allylic oxidation sites excluding steroid dienone is 1. The molecular formula is C14H25NO3. The van der Waals surface area contributed by atoms with Crippen molar-refractivity contribution in [2.24, 2.45) is 5.92 Å². The molecule has 0 aromatic heterocycles. The Kier molecular flexibility index (Phi) is 5.20. The number of carbonyl (C=O) groups excluding carboxylic acids is 1. The zero-order valence-corrected chi connectivity index (χ0v) is 11.7. The molecule has 1 aliphatic heterocycles. The average molecular weight is 255 g/mol. The molecule has 0 spiro atoms. The standard InChI is InChI=1S/C14H25NO3/c1-5-6-7-11-10-15(9-8-12(11)16)13(17)18-14(2,3)4/h5,11-12,16H,1,6-10H2,2-4H3. The number of likely N-dealkylation sites (tertiary alicyclic amines) is 1. The zero-order valence-electron chi connectivity index (χ0n) is 11.7. The summed E-state index contributed by atoms with van der Waals surface area (Å²) < 4.78 is 5.35. The molecule has 1 fully saturated rings. The molecule has 1 N–H and O–H groups in total. The second-order valence-electron chi connectivity index (χ2n) is 5.91. The first-order chi connectivity index (χ1) is 8.33.